The number of hydrogen-bond donors (Lipinski definition) is 9. The first kappa shape index (κ1) is 33.9. The SMILES string of the molecule is C[C@H](NS(=O)(=O)O)[C@H](NC(=O)/C(=N\OC(C)(C)C(=O)O)c1csc(N)n1)C(=O)N[C@@H](CCCN=C(N)N)C(=O)O. The van der Waals surface area contributed by atoms with E-state index in [9.17, 15) is 42.4 Å². The van der Waals surface area contributed by atoms with Gasteiger partial charge in [0.25, 0.3) is 5.91 Å². The van der Waals surface area contributed by atoms with E-state index in [0.717, 1.165) is 32.1 Å². The van der Waals surface area contributed by atoms with E-state index in [-0.39, 0.29) is 36.2 Å². The maximum absolute atomic E-state index is 13.2. The van der Waals surface area contributed by atoms with Gasteiger partial charge < -0.3 is 42.9 Å². The van der Waals surface area contributed by atoms with Crippen LogP contribution in [0.15, 0.2) is 15.5 Å². The van der Waals surface area contributed by atoms with Gasteiger partial charge >= 0.3 is 22.2 Å². The Balaban J connectivity index is 3.34. The third-order valence-electron chi connectivity index (χ3n) is 4.82. The summed E-state index contributed by atoms with van der Waals surface area (Å²) in [5.41, 5.74) is 13.3. The summed E-state index contributed by atoms with van der Waals surface area (Å²) < 4.78 is 33.7. The lowest BCUT2D eigenvalue weighted by Crippen LogP contribution is -2.60. The number of nitrogen functional groups attached to an aromatic ring is 1. The molecule has 0 aliphatic heterocycles. The molecule has 0 aliphatic carbocycles. The average molecular weight is 610 g/mol. The molecule has 0 spiro atoms. The van der Waals surface area contributed by atoms with Gasteiger partial charge in [0.1, 0.15) is 17.8 Å². The Hall–Kier alpha value is -4.08. The van der Waals surface area contributed by atoms with Gasteiger partial charge in [0.05, 0.1) is 6.04 Å². The lowest BCUT2D eigenvalue weighted by molar-refractivity contribution is -0.161. The number of rotatable bonds is 16. The molecule has 1 aromatic rings. The molecule has 3 atom stereocenters. The lowest BCUT2D eigenvalue weighted by atomic mass is 10.1. The third kappa shape index (κ3) is 11.3. The molecule has 0 aromatic carbocycles. The number of carbonyl (C=O) groups excluding carboxylic acids is 2. The summed E-state index contributed by atoms with van der Waals surface area (Å²) in [5.74, 6) is -5.50. The van der Waals surface area contributed by atoms with Crippen molar-refractivity contribution in [1.29, 1.82) is 0 Å². The fourth-order valence-corrected chi connectivity index (χ4v) is 3.91. The summed E-state index contributed by atoms with van der Waals surface area (Å²) in [6.45, 7) is 3.41. The van der Waals surface area contributed by atoms with Gasteiger partial charge in [-0.25, -0.2) is 14.6 Å². The molecular formula is C19H31N9O10S2. The number of nitrogens with zero attached hydrogens (tertiary/aromatic N) is 3. The average Bonchev–Trinajstić information content (AvgIpc) is 3.23. The van der Waals surface area contributed by atoms with E-state index in [1.54, 1.807) is 4.72 Å². The monoisotopic (exact) mass is 609 g/mol. The number of aromatic nitrogens is 1. The van der Waals surface area contributed by atoms with Crippen molar-refractivity contribution in [2.24, 2.45) is 21.6 Å². The van der Waals surface area contributed by atoms with E-state index < -0.39 is 63.5 Å². The van der Waals surface area contributed by atoms with Crippen LogP contribution in [0.4, 0.5) is 5.13 Å². The molecule has 0 bridgehead atoms. The zero-order chi connectivity index (χ0) is 30.8. The van der Waals surface area contributed by atoms with Crippen LogP contribution in [0.3, 0.4) is 0 Å². The van der Waals surface area contributed by atoms with Gasteiger partial charge in [0.2, 0.25) is 11.5 Å². The molecule has 1 aromatic heterocycles. The third-order valence-corrected chi connectivity index (χ3v) is 6.17. The Morgan fingerprint density at radius 3 is 2.30 bits per heavy atom. The lowest BCUT2D eigenvalue weighted by Gasteiger charge is -2.26. The molecule has 21 heteroatoms. The van der Waals surface area contributed by atoms with Crippen molar-refractivity contribution in [3.8, 4) is 0 Å². The number of nitrogens with two attached hydrogens (primary N) is 3. The molecule has 19 nitrogen and oxygen atoms in total. The van der Waals surface area contributed by atoms with Crippen molar-refractivity contribution in [2.45, 2.75) is 57.3 Å². The number of guanidine groups is 1. The Bertz CT molecular complexity index is 1260. The fraction of sp³-hybridized carbons (Fsp3) is 0.526. The summed E-state index contributed by atoms with van der Waals surface area (Å²) in [6.07, 6.45) is -0.0225. The highest BCUT2D eigenvalue weighted by Gasteiger charge is 2.35. The minimum Gasteiger partial charge on any atom is -0.480 e. The second kappa shape index (κ2) is 14.3. The maximum atomic E-state index is 13.2. The molecule has 224 valence electrons. The highest BCUT2D eigenvalue weighted by Crippen LogP contribution is 2.15. The zero-order valence-electron chi connectivity index (χ0n) is 21.5. The second-order valence-electron chi connectivity index (χ2n) is 8.60. The summed E-state index contributed by atoms with van der Waals surface area (Å²) in [6, 6.07) is -4.90. The van der Waals surface area contributed by atoms with Crippen LogP contribution >= 0.6 is 11.3 Å². The molecule has 0 fully saturated rings. The van der Waals surface area contributed by atoms with Crippen LogP contribution in [-0.2, 0) is 34.3 Å². The summed E-state index contributed by atoms with van der Waals surface area (Å²) in [5, 5.41) is 27.9. The van der Waals surface area contributed by atoms with Crippen LogP contribution in [0, 0.1) is 0 Å². The molecule has 0 unspecified atom stereocenters. The number of carboxylic acids is 2. The predicted molar refractivity (Wildman–Crippen MR) is 141 cm³/mol. The van der Waals surface area contributed by atoms with Crippen LogP contribution in [0.1, 0.15) is 39.3 Å². The van der Waals surface area contributed by atoms with Crippen LogP contribution in [0.25, 0.3) is 0 Å². The van der Waals surface area contributed by atoms with E-state index in [1.165, 1.54) is 5.38 Å². The first-order valence-electron chi connectivity index (χ1n) is 11.2. The van der Waals surface area contributed by atoms with Crippen LogP contribution in [0.5, 0.6) is 0 Å². The van der Waals surface area contributed by atoms with Gasteiger partial charge in [0, 0.05) is 11.9 Å². The Kier molecular flexibility index (Phi) is 12.2. The van der Waals surface area contributed by atoms with Crippen molar-refractivity contribution in [3.05, 3.63) is 11.1 Å². The normalized spacial score (nSPS) is 14.3. The van der Waals surface area contributed by atoms with E-state index in [0.29, 0.717) is 0 Å². The van der Waals surface area contributed by atoms with Gasteiger partial charge in [-0.3, -0.25) is 19.1 Å². The molecule has 0 saturated carbocycles. The van der Waals surface area contributed by atoms with Crippen molar-refractivity contribution in [2.75, 3.05) is 12.3 Å². The van der Waals surface area contributed by atoms with Gasteiger partial charge in [-0.1, -0.05) is 5.16 Å². The minimum atomic E-state index is -4.90. The molecule has 0 radical (unpaired) electrons. The van der Waals surface area contributed by atoms with Gasteiger partial charge in [-0.15, -0.1) is 11.3 Å². The van der Waals surface area contributed by atoms with Gasteiger partial charge in [-0.05, 0) is 33.6 Å². The van der Waals surface area contributed by atoms with E-state index in [2.05, 4.69) is 25.8 Å². The molecule has 0 saturated heterocycles. The number of amides is 2. The zero-order valence-corrected chi connectivity index (χ0v) is 23.2. The van der Waals surface area contributed by atoms with Crippen LogP contribution in [-0.4, -0.2) is 93.9 Å². The first-order chi connectivity index (χ1) is 18.3. The summed E-state index contributed by atoms with van der Waals surface area (Å²) in [4.78, 5) is 61.9. The van der Waals surface area contributed by atoms with E-state index in [1.807, 2.05) is 0 Å². The van der Waals surface area contributed by atoms with Gasteiger partial charge in [-0.2, -0.15) is 13.1 Å². The fourth-order valence-electron chi connectivity index (χ4n) is 2.75. The van der Waals surface area contributed by atoms with Crippen LogP contribution in [0.2, 0.25) is 0 Å². The van der Waals surface area contributed by atoms with E-state index in [4.69, 9.17) is 22.0 Å². The highest BCUT2D eigenvalue weighted by molar-refractivity contribution is 7.83. The topological polar surface area (TPSA) is 324 Å². The highest BCUT2D eigenvalue weighted by atomic mass is 32.2. The number of oxime groups is 1. The smallest absolute Gasteiger partial charge is 0.350 e. The molecule has 1 rings (SSSR count). The molecule has 40 heavy (non-hydrogen) atoms. The standard InChI is InChI=1S/C19H31N9O10S2/c1-8(28-40(35,36)37)11(13(29)24-9(15(31)32)5-4-6-23-17(20)21)26-14(30)12(10-7-39-18(22)25-10)27-38-19(2,3)16(33)34/h7-9,11,28H,4-6H2,1-3H3,(H2,22,25)(H,24,29)(H,26,30)(H,31,32)(H,33,34)(H4,20,21,23)(H,35,36,37)/b27-12-/t8-,9-,11-/m0/s1. The number of nitrogens with one attached hydrogen (secondary N) is 3. The predicted octanol–water partition coefficient (Wildman–Crippen LogP) is -2.80. The number of hydrogen-bond acceptors (Lipinski definition) is 12. The molecule has 1 heterocycles. The number of carboxylic acid groups (broad SMARTS) is 2. The Morgan fingerprint density at radius 2 is 1.82 bits per heavy atom. The summed E-state index contributed by atoms with van der Waals surface area (Å²) in [7, 11) is -4.90. The molecule has 2 amide bonds. The van der Waals surface area contributed by atoms with E-state index >= 15 is 0 Å². The van der Waals surface area contributed by atoms with Crippen LogP contribution < -0.4 is 32.6 Å². The number of carbonyl (C=O) groups is 4. The van der Waals surface area contributed by atoms with Gasteiger partial charge in [0.15, 0.2) is 16.8 Å². The minimum absolute atomic E-state index is 0.00581. The quantitative estimate of drug-likeness (QED) is 0.0300. The number of thiazole rings is 1. The largest absolute Gasteiger partial charge is 0.480 e. The molecular weight excluding hydrogens is 578 g/mol. The van der Waals surface area contributed by atoms with Crippen molar-refractivity contribution in [3.63, 3.8) is 0 Å². The number of aliphatic carboxylic acids is 2. The number of aliphatic imine (C=N–C) groups is 1. The molecule has 12 N–H and O–H groups in total. The summed E-state index contributed by atoms with van der Waals surface area (Å²) >= 11 is 0.892. The Morgan fingerprint density at radius 1 is 1.20 bits per heavy atom. The van der Waals surface area contributed by atoms with Crippen molar-refractivity contribution >= 4 is 62.2 Å². The number of anilines is 1. The maximum Gasteiger partial charge on any atom is 0.350 e. The molecule has 0 aliphatic rings. The van der Waals surface area contributed by atoms with Crippen molar-refractivity contribution in [1.82, 2.24) is 20.3 Å². The Labute approximate surface area is 232 Å². The van der Waals surface area contributed by atoms with Crippen molar-refractivity contribution < 1.29 is 47.2 Å². The first-order valence-corrected chi connectivity index (χ1v) is 13.5. The second-order valence-corrected chi connectivity index (χ2v) is 10.7.